The monoisotopic (exact) mass is 720 g/mol. The zero-order valence-electron chi connectivity index (χ0n) is 29.6. The Bertz CT molecular complexity index is 1840. The highest BCUT2D eigenvalue weighted by atomic mass is 35.5. The maximum atomic E-state index is 13.6. The van der Waals surface area contributed by atoms with Gasteiger partial charge in [0.1, 0.15) is 11.4 Å². The molecular formula is C39H49ClN4O5S. The van der Waals surface area contributed by atoms with Crippen molar-refractivity contribution in [1.29, 1.82) is 0 Å². The van der Waals surface area contributed by atoms with Crippen molar-refractivity contribution in [3.05, 3.63) is 81.7 Å². The third kappa shape index (κ3) is 6.33. The first-order valence-corrected chi connectivity index (χ1v) is 19.9. The van der Waals surface area contributed by atoms with Crippen LogP contribution in [0.2, 0.25) is 5.02 Å². The van der Waals surface area contributed by atoms with E-state index in [0.29, 0.717) is 50.9 Å². The van der Waals surface area contributed by atoms with Crippen molar-refractivity contribution in [3.8, 4) is 5.75 Å². The lowest BCUT2D eigenvalue weighted by atomic mass is 9.63. The number of methoxy groups -OCH3 is 1. The zero-order valence-corrected chi connectivity index (χ0v) is 31.2. The Labute approximate surface area is 302 Å². The first kappa shape index (κ1) is 35.3. The first-order valence-electron chi connectivity index (χ1n) is 18.0. The Morgan fingerprint density at radius 1 is 1.14 bits per heavy atom. The number of likely N-dealkylation sites (tertiary alicyclic amines) is 1. The molecule has 3 heterocycles. The van der Waals surface area contributed by atoms with E-state index in [2.05, 4.69) is 43.7 Å². The molecule has 2 aromatic carbocycles. The van der Waals surface area contributed by atoms with E-state index in [1.807, 2.05) is 32.0 Å². The number of halogens is 1. The molecule has 1 N–H and O–H groups in total. The molecule has 0 radical (unpaired) electrons. The van der Waals surface area contributed by atoms with Crippen LogP contribution in [0.4, 0.5) is 5.69 Å². The molecule has 11 heteroatoms. The molecule has 0 unspecified atom stereocenters. The maximum absolute atomic E-state index is 13.6. The van der Waals surface area contributed by atoms with Crippen LogP contribution in [0.5, 0.6) is 5.75 Å². The highest BCUT2D eigenvalue weighted by molar-refractivity contribution is 7.90. The van der Waals surface area contributed by atoms with Crippen LogP contribution in [0.3, 0.4) is 0 Å². The maximum Gasteiger partial charge on any atom is 0.264 e. The number of amides is 1. The number of anilines is 1. The highest BCUT2D eigenvalue weighted by Crippen LogP contribution is 2.49. The molecule has 2 bridgehead atoms. The Morgan fingerprint density at radius 2 is 1.94 bits per heavy atom. The zero-order chi connectivity index (χ0) is 35.5. The number of aryl methyl sites for hydroxylation is 1. The molecule has 1 amide bonds. The number of ether oxygens (including phenoxy) is 2. The average molecular weight is 721 g/mol. The molecule has 1 saturated carbocycles. The van der Waals surface area contributed by atoms with E-state index in [9.17, 15) is 13.2 Å². The lowest BCUT2D eigenvalue weighted by Gasteiger charge is -2.53. The van der Waals surface area contributed by atoms with Gasteiger partial charge >= 0.3 is 0 Å². The number of carbonyl (C=O) groups is 1. The van der Waals surface area contributed by atoms with Gasteiger partial charge in [0.05, 0.1) is 30.6 Å². The molecule has 50 heavy (non-hydrogen) atoms. The van der Waals surface area contributed by atoms with Crippen molar-refractivity contribution in [2.75, 3.05) is 51.3 Å². The van der Waals surface area contributed by atoms with Crippen LogP contribution in [-0.2, 0) is 26.6 Å². The van der Waals surface area contributed by atoms with Crippen LogP contribution in [0.15, 0.2) is 48.6 Å². The van der Waals surface area contributed by atoms with Crippen molar-refractivity contribution in [1.82, 2.24) is 9.62 Å². The molecule has 2 aromatic rings. The molecule has 9 nitrogen and oxygen atoms in total. The molecule has 3 aliphatic heterocycles. The molecule has 1 spiro atoms. The summed E-state index contributed by atoms with van der Waals surface area (Å²) >= 11 is 6.47. The van der Waals surface area contributed by atoms with Gasteiger partial charge in [-0.15, -0.1) is 0 Å². The third-order valence-corrected chi connectivity index (χ3v) is 14.6. The Morgan fingerprint density at radius 3 is 2.66 bits per heavy atom. The molecule has 0 aromatic heterocycles. The average Bonchev–Trinajstić information content (AvgIpc) is 3.21. The van der Waals surface area contributed by atoms with Crippen LogP contribution >= 0.6 is 11.6 Å². The second-order valence-corrected chi connectivity index (χ2v) is 18.4. The van der Waals surface area contributed by atoms with E-state index in [1.54, 1.807) is 20.1 Å². The van der Waals surface area contributed by atoms with Gasteiger partial charge in [-0.05, 0) is 105 Å². The fraction of sp³-hybridized carbons (Fsp3) is 0.590. The SMILES string of the molecule is [C-]#[N+]C1(C)CN(C[C@]2(OC)/C=C/C[C@H](C)[C@@H](C)S(=O)(=O)NC(=O)c3ccc4c(c3)N(C[C@@H]3CC[C@H]32)C[C@@]2(CCCc3cc(Cl)ccc32)CO4)C1. The molecule has 6 atom stereocenters. The second-order valence-electron chi connectivity index (χ2n) is 15.9. The van der Waals surface area contributed by atoms with Gasteiger partial charge in [-0.1, -0.05) is 36.7 Å². The highest BCUT2D eigenvalue weighted by Gasteiger charge is 2.53. The van der Waals surface area contributed by atoms with Crippen molar-refractivity contribution in [2.24, 2.45) is 17.8 Å². The van der Waals surface area contributed by atoms with Crippen molar-refractivity contribution in [2.45, 2.75) is 81.1 Å². The number of sulfonamides is 1. The Hall–Kier alpha value is -3.10. The summed E-state index contributed by atoms with van der Waals surface area (Å²) in [5, 5.41) is -0.0642. The van der Waals surface area contributed by atoms with Crippen LogP contribution in [-0.4, -0.2) is 82.1 Å². The van der Waals surface area contributed by atoms with E-state index in [-0.39, 0.29) is 28.4 Å². The summed E-state index contributed by atoms with van der Waals surface area (Å²) in [7, 11) is -2.18. The van der Waals surface area contributed by atoms with Crippen molar-refractivity contribution >= 4 is 33.2 Å². The lowest BCUT2D eigenvalue weighted by Crippen LogP contribution is -2.64. The van der Waals surface area contributed by atoms with Gasteiger partial charge in [0, 0.05) is 49.7 Å². The minimum atomic E-state index is -3.97. The Balaban J connectivity index is 1.31. The number of allylic oxidation sites excluding steroid dienone is 1. The standard InChI is InChI=1S/C39H49ClN4O5S/c1-26-8-6-17-39(48-5,24-43-21-37(3,22-43)41-4)33-13-10-30(33)20-44-23-38(16-7-9-28-18-31(40)12-14-32(28)38)25-49-35-15-11-29(19-34(35)44)36(45)42-50(46,47)27(26)2/h6,11-12,14-15,17-19,26-27,30,33H,7-10,13,16,20-25H2,1-3,5H3,(H,42,45)/b17-6+/t26-,27+,30-,33+,38-,39+/m0/s1. The third-order valence-electron chi connectivity index (χ3n) is 12.5. The van der Waals surface area contributed by atoms with Crippen LogP contribution in [0.1, 0.15) is 74.4 Å². The van der Waals surface area contributed by atoms with Crippen LogP contribution in [0, 0.1) is 24.3 Å². The largest absolute Gasteiger partial charge is 0.490 e. The van der Waals surface area contributed by atoms with Gasteiger partial charge in [-0.25, -0.2) is 19.7 Å². The summed E-state index contributed by atoms with van der Waals surface area (Å²) in [6.45, 7) is 17.3. The van der Waals surface area contributed by atoms with Gasteiger partial charge in [0.15, 0.2) is 0 Å². The summed E-state index contributed by atoms with van der Waals surface area (Å²) in [4.78, 5) is 22.2. The van der Waals surface area contributed by atoms with E-state index in [0.717, 1.165) is 49.4 Å². The summed E-state index contributed by atoms with van der Waals surface area (Å²) < 4.78 is 42.6. The fourth-order valence-corrected chi connectivity index (χ4v) is 10.7. The van der Waals surface area contributed by atoms with E-state index < -0.39 is 26.8 Å². The number of nitrogens with zero attached hydrogens (tertiary/aromatic N) is 3. The second kappa shape index (κ2) is 13.1. The molecular weight excluding hydrogens is 672 g/mol. The normalized spacial score (nSPS) is 34.0. The first-order chi connectivity index (χ1) is 23.8. The lowest BCUT2D eigenvalue weighted by molar-refractivity contribution is -0.104. The van der Waals surface area contributed by atoms with Crippen molar-refractivity contribution in [3.63, 3.8) is 0 Å². The number of hydrogen-bond donors (Lipinski definition) is 1. The predicted octanol–water partition coefficient (Wildman–Crippen LogP) is 6.26. The van der Waals surface area contributed by atoms with Crippen LogP contribution in [0.25, 0.3) is 4.85 Å². The van der Waals surface area contributed by atoms with Gasteiger partial charge < -0.3 is 19.2 Å². The topological polar surface area (TPSA) is 92.5 Å². The molecule has 1 saturated heterocycles. The van der Waals surface area contributed by atoms with E-state index in [4.69, 9.17) is 27.6 Å². The summed E-state index contributed by atoms with van der Waals surface area (Å²) in [5.74, 6) is 0.322. The smallest absolute Gasteiger partial charge is 0.264 e. The molecule has 268 valence electrons. The van der Waals surface area contributed by atoms with E-state index >= 15 is 0 Å². The minimum Gasteiger partial charge on any atom is -0.490 e. The molecule has 5 aliphatic rings. The summed E-state index contributed by atoms with van der Waals surface area (Å²) in [6.07, 6.45) is 9.77. The quantitative estimate of drug-likeness (QED) is 0.296. The van der Waals surface area contributed by atoms with Gasteiger partial charge in [-0.3, -0.25) is 9.69 Å². The van der Waals surface area contributed by atoms with Gasteiger partial charge in [0.2, 0.25) is 10.0 Å². The van der Waals surface area contributed by atoms with Gasteiger partial charge in [-0.2, -0.15) is 0 Å². The number of fused-ring (bicyclic) bond motifs is 4. The fourth-order valence-electron chi connectivity index (χ4n) is 9.26. The number of benzene rings is 2. The minimum absolute atomic E-state index is 0.209. The number of rotatable bonds is 3. The van der Waals surface area contributed by atoms with E-state index in [1.165, 1.54) is 11.1 Å². The number of carbonyl (C=O) groups excluding carboxylic acids is 1. The summed E-state index contributed by atoms with van der Waals surface area (Å²) in [6, 6.07) is 11.5. The predicted molar refractivity (Wildman–Crippen MR) is 196 cm³/mol. The van der Waals surface area contributed by atoms with Crippen molar-refractivity contribution < 1.29 is 22.7 Å². The Kier molecular flexibility index (Phi) is 9.28. The van der Waals surface area contributed by atoms with Gasteiger partial charge in [0.25, 0.3) is 11.4 Å². The number of nitrogens with one attached hydrogen (secondary N) is 1. The summed E-state index contributed by atoms with van der Waals surface area (Å²) in [5.41, 5.74) is 2.36. The molecule has 2 fully saturated rings. The molecule has 7 rings (SSSR count). The van der Waals surface area contributed by atoms with Crippen LogP contribution < -0.4 is 14.4 Å². The number of hydrogen-bond acceptors (Lipinski definition) is 7. The molecule has 2 aliphatic carbocycles.